The molecule has 0 bridgehead atoms. The van der Waals surface area contributed by atoms with Crippen molar-refractivity contribution in [1.29, 1.82) is 5.26 Å². The van der Waals surface area contributed by atoms with E-state index in [9.17, 15) is 18.0 Å². The van der Waals surface area contributed by atoms with Crippen molar-refractivity contribution in [3.63, 3.8) is 0 Å². The number of amides is 2. The summed E-state index contributed by atoms with van der Waals surface area (Å²) in [6.45, 7) is 1.21. The molecule has 8 heteroatoms. The fraction of sp³-hybridized carbons (Fsp3) is 0.263. The number of rotatable bonds is 2. The van der Waals surface area contributed by atoms with Crippen molar-refractivity contribution in [2.24, 2.45) is 0 Å². The van der Waals surface area contributed by atoms with Crippen LogP contribution in [0.5, 0.6) is 0 Å². The van der Waals surface area contributed by atoms with Crippen LogP contribution in [0.25, 0.3) is 0 Å². The van der Waals surface area contributed by atoms with E-state index in [0.717, 1.165) is 6.07 Å². The Labute approximate surface area is 154 Å². The maximum absolute atomic E-state index is 13.2. The minimum absolute atomic E-state index is 0.131. The van der Waals surface area contributed by atoms with Crippen molar-refractivity contribution in [3.8, 4) is 6.07 Å². The first-order valence-electron chi connectivity index (χ1n) is 8.36. The highest BCUT2D eigenvalue weighted by Gasteiger charge is 2.35. The maximum Gasteiger partial charge on any atom is 0.418 e. The summed E-state index contributed by atoms with van der Waals surface area (Å²) in [6, 6.07) is 13.7. The molecule has 1 aliphatic rings. The number of nitrogens with one attached hydrogen (secondary N) is 1. The van der Waals surface area contributed by atoms with Crippen LogP contribution >= 0.6 is 0 Å². The van der Waals surface area contributed by atoms with Crippen molar-refractivity contribution in [3.05, 3.63) is 59.7 Å². The van der Waals surface area contributed by atoms with Gasteiger partial charge in [0.2, 0.25) is 0 Å². The molecule has 0 radical (unpaired) electrons. The Morgan fingerprint density at radius 1 is 1.04 bits per heavy atom. The number of carbonyl (C=O) groups excluding carboxylic acids is 1. The second-order valence-corrected chi connectivity index (χ2v) is 6.11. The van der Waals surface area contributed by atoms with Gasteiger partial charge in [-0.25, -0.2) is 4.79 Å². The summed E-state index contributed by atoms with van der Waals surface area (Å²) < 4.78 is 39.6. The molecule has 1 heterocycles. The lowest BCUT2D eigenvalue weighted by molar-refractivity contribution is -0.137. The predicted molar refractivity (Wildman–Crippen MR) is 95.4 cm³/mol. The molecule has 1 aliphatic heterocycles. The van der Waals surface area contributed by atoms with Crippen LogP contribution < -0.4 is 10.2 Å². The second-order valence-electron chi connectivity index (χ2n) is 6.11. The normalized spacial score (nSPS) is 14.6. The third-order valence-electron chi connectivity index (χ3n) is 4.36. The summed E-state index contributed by atoms with van der Waals surface area (Å²) in [5.41, 5.74) is 0.397. The van der Waals surface area contributed by atoms with E-state index < -0.39 is 11.7 Å². The molecule has 140 valence electrons. The molecule has 2 aromatic rings. The van der Waals surface area contributed by atoms with E-state index in [4.69, 9.17) is 5.26 Å². The van der Waals surface area contributed by atoms with Gasteiger partial charge in [0.05, 0.1) is 17.2 Å². The summed E-state index contributed by atoms with van der Waals surface area (Å²) in [6.07, 6.45) is -4.42. The standard InChI is InChI=1S/C19H17F3N4O/c20-19(21,22)16-6-1-2-7-17(16)25-8-10-26(11-9-25)18(27)24-15-5-3-4-14(12-15)13-23/h1-7,12H,8-11H2,(H,24,27). The zero-order chi connectivity index (χ0) is 19.4. The molecule has 2 aromatic carbocycles. The number of piperazine rings is 1. The number of carbonyl (C=O) groups is 1. The van der Waals surface area contributed by atoms with Gasteiger partial charge in [0, 0.05) is 37.6 Å². The first kappa shape index (κ1) is 18.6. The Morgan fingerprint density at radius 3 is 2.41 bits per heavy atom. The molecular weight excluding hydrogens is 357 g/mol. The summed E-state index contributed by atoms with van der Waals surface area (Å²) in [4.78, 5) is 15.6. The molecule has 3 rings (SSSR count). The lowest BCUT2D eigenvalue weighted by Gasteiger charge is -2.37. The first-order chi connectivity index (χ1) is 12.9. The highest BCUT2D eigenvalue weighted by atomic mass is 19.4. The zero-order valence-electron chi connectivity index (χ0n) is 14.3. The Balaban J connectivity index is 1.64. The smallest absolute Gasteiger partial charge is 0.367 e. The van der Waals surface area contributed by atoms with Gasteiger partial charge in [0.25, 0.3) is 0 Å². The lowest BCUT2D eigenvalue weighted by atomic mass is 10.1. The van der Waals surface area contributed by atoms with E-state index >= 15 is 0 Å². The second kappa shape index (κ2) is 7.58. The van der Waals surface area contributed by atoms with Crippen molar-refractivity contribution in [2.75, 3.05) is 36.4 Å². The van der Waals surface area contributed by atoms with E-state index in [1.54, 1.807) is 40.1 Å². The van der Waals surface area contributed by atoms with Crippen LogP contribution in [-0.4, -0.2) is 37.1 Å². The van der Waals surface area contributed by atoms with Gasteiger partial charge in [-0.15, -0.1) is 0 Å². The molecule has 0 aliphatic carbocycles. The van der Waals surface area contributed by atoms with Crippen LogP contribution in [0.1, 0.15) is 11.1 Å². The average Bonchev–Trinajstić information content (AvgIpc) is 2.67. The van der Waals surface area contributed by atoms with Gasteiger partial charge in [-0.05, 0) is 30.3 Å². The Morgan fingerprint density at radius 2 is 1.74 bits per heavy atom. The van der Waals surface area contributed by atoms with Gasteiger partial charge in [0.1, 0.15) is 0 Å². The number of anilines is 2. The first-order valence-corrected chi connectivity index (χ1v) is 8.36. The highest BCUT2D eigenvalue weighted by molar-refractivity contribution is 5.89. The number of hydrogen-bond donors (Lipinski definition) is 1. The molecule has 1 saturated heterocycles. The van der Waals surface area contributed by atoms with Gasteiger partial charge in [-0.3, -0.25) is 0 Å². The van der Waals surface area contributed by atoms with Crippen LogP contribution in [0.15, 0.2) is 48.5 Å². The van der Waals surface area contributed by atoms with E-state index in [2.05, 4.69) is 5.32 Å². The predicted octanol–water partition coefficient (Wildman–Crippen LogP) is 3.93. The number of nitriles is 1. The van der Waals surface area contributed by atoms with Crippen LogP contribution in [0.4, 0.5) is 29.3 Å². The molecule has 0 atom stereocenters. The van der Waals surface area contributed by atoms with E-state index in [1.807, 2.05) is 6.07 Å². The molecular formula is C19H17F3N4O. The molecule has 0 unspecified atom stereocenters. The van der Waals surface area contributed by atoms with Gasteiger partial charge in [-0.2, -0.15) is 18.4 Å². The van der Waals surface area contributed by atoms with Gasteiger partial charge in [-0.1, -0.05) is 18.2 Å². The topological polar surface area (TPSA) is 59.4 Å². The van der Waals surface area contributed by atoms with Gasteiger partial charge >= 0.3 is 12.2 Å². The fourth-order valence-electron chi connectivity index (χ4n) is 3.01. The minimum Gasteiger partial charge on any atom is -0.367 e. The van der Waals surface area contributed by atoms with Crippen molar-refractivity contribution in [2.45, 2.75) is 6.18 Å². The summed E-state index contributed by atoms with van der Waals surface area (Å²) in [7, 11) is 0. The Kier molecular flexibility index (Phi) is 5.21. The van der Waals surface area contributed by atoms with Crippen molar-refractivity contribution in [1.82, 2.24) is 4.90 Å². The third-order valence-corrected chi connectivity index (χ3v) is 4.36. The van der Waals surface area contributed by atoms with Crippen molar-refractivity contribution >= 4 is 17.4 Å². The van der Waals surface area contributed by atoms with E-state index in [0.29, 0.717) is 37.4 Å². The summed E-state index contributed by atoms with van der Waals surface area (Å²) >= 11 is 0. The minimum atomic E-state index is -4.42. The number of benzene rings is 2. The molecule has 1 N–H and O–H groups in total. The average molecular weight is 374 g/mol. The zero-order valence-corrected chi connectivity index (χ0v) is 14.3. The number of hydrogen-bond acceptors (Lipinski definition) is 3. The molecule has 0 aromatic heterocycles. The van der Waals surface area contributed by atoms with E-state index in [1.165, 1.54) is 12.1 Å². The summed E-state index contributed by atoms with van der Waals surface area (Å²) in [5.74, 6) is 0. The van der Waals surface area contributed by atoms with Crippen molar-refractivity contribution < 1.29 is 18.0 Å². The monoisotopic (exact) mass is 374 g/mol. The molecule has 0 saturated carbocycles. The van der Waals surface area contributed by atoms with Crippen LogP contribution in [-0.2, 0) is 6.18 Å². The van der Waals surface area contributed by atoms with Crippen LogP contribution in [0.3, 0.4) is 0 Å². The number of para-hydroxylation sites is 1. The van der Waals surface area contributed by atoms with Crippen LogP contribution in [0.2, 0.25) is 0 Å². The largest absolute Gasteiger partial charge is 0.418 e. The summed E-state index contributed by atoms with van der Waals surface area (Å²) in [5, 5.41) is 11.6. The van der Waals surface area contributed by atoms with Gasteiger partial charge < -0.3 is 15.1 Å². The number of urea groups is 1. The van der Waals surface area contributed by atoms with Gasteiger partial charge in [0.15, 0.2) is 0 Å². The third kappa shape index (κ3) is 4.31. The lowest BCUT2D eigenvalue weighted by Crippen LogP contribution is -2.50. The number of halogens is 3. The Hall–Kier alpha value is -3.21. The maximum atomic E-state index is 13.2. The number of nitrogens with zero attached hydrogens (tertiary/aromatic N) is 3. The van der Waals surface area contributed by atoms with Crippen LogP contribution in [0, 0.1) is 11.3 Å². The SMILES string of the molecule is N#Cc1cccc(NC(=O)N2CCN(c3ccccc3C(F)(F)F)CC2)c1. The molecule has 1 fully saturated rings. The molecule has 27 heavy (non-hydrogen) atoms. The quantitative estimate of drug-likeness (QED) is 0.867. The molecule has 5 nitrogen and oxygen atoms in total. The van der Waals surface area contributed by atoms with E-state index in [-0.39, 0.29) is 11.7 Å². The molecule has 2 amide bonds. The Bertz CT molecular complexity index is 868. The fourth-order valence-corrected chi connectivity index (χ4v) is 3.01. The molecule has 0 spiro atoms. The highest BCUT2D eigenvalue weighted by Crippen LogP contribution is 2.36. The number of alkyl halides is 3.